The summed E-state index contributed by atoms with van der Waals surface area (Å²) in [7, 11) is -3.01. The quantitative estimate of drug-likeness (QED) is 0.753. The predicted molar refractivity (Wildman–Crippen MR) is 73.7 cm³/mol. The van der Waals surface area contributed by atoms with E-state index in [1.807, 2.05) is 0 Å². The van der Waals surface area contributed by atoms with Crippen LogP contribution in [0.2, 0.25) is 0 Å². The number of nitrogens with zero attached hydrogens (tertiary/aromatic N) is 2. The summed E-state index contributed by atoms with van der Waals surface area (Å²) in [6, 6.07) is 1.43. The van der Waals surface area contributed by atoms with Gasteiger partial charge in [-0.25, -0.2) is 18.4 Å². The summed E-state index contributed by atoms with van der Waals surface area (Å²) in [6.07, 6.45) is 1.79. The predicted octanol–water partition coefficient (Wildman–Crippen LogP) is -0.822. The lowest BCUT2D eigenvalue weighted by Crippen LogP contribution is -2.47. The highest BCUT2D eigenvalue weighted by atomic mass is 32.2. The lowest BCUT2D eigenvalue weighted by Gasteiger charge is -2.23. The van der Waals surface area contributed by atoms with Gasteiger partial charge >= 0.3 is 0 Å². The van der Waals surface area contributed by atoms with Crippen LogP contribution in [0.5, 0.6) is 0 Å². The zero-order chi connectivity index (χ0) is 14.6. The van der Waals surface area contributed by atoms with Gasteiger partial charge in [-0.2, -0.15) is 0 Å². The van der Waals surface area contributed by atoms with Crippen molar-refractivity contribution in [2.24, 2.45) is 0 Å². The smallest absolute Gasteiger partial charge is 0.221 e. The second-order valence-electron chi connectivity index (χ2n) is 4.84. The van der Waals surface area contributed by atoms with Crippen molar-refractivity contribution >= 4 is 15.7 Å². The van der Waals surface area contributed by atoms with Gasteiger partial charge in [0, 0.05) is 25.2 Å². The molecule has 0 bridgehead atoms. The monoisotopic (exact) mass is 298 g/mol. The van der Waals surface area contributed by atoms with Crippen LogP contribution >= 0.6 is 0 Å². The first kappa shape index (κ1) is 14.9. The van der Waals surface area contributed by atoms with Crippen LogP contribution in [0, 0.1) is 6.92 Å². The van der Waals surface area contributed by atoms with Crippen molar-refractivity contribution in [3.8, 4) is 0 Å². The second-order valence-corrected chi connectivity index (χ2v) is 7.07. The van der Waals surface area contributed by atoms with E-state index in [1.165, 1.54) is 0 Å². The van der Waals surface area contributed by atoms with E-state index in [9.17, 15) is 13.2 Å². The molecule has 7 nitrogen and oxygen atoms in total. The number of hydrogen-bond acceptors (Lipinski definition) is 6. The number of aryl methyl sites for hydroxylation is 1. The molecule has 8 heteroatoms. The molecule has 1 atom stereocenters. The van der Waals surface area contributed by atoms with Gasteiger partial charge in [0.25, 0.3) is 0 Å². The van der Waals surface area contributed by atoms with E-state index >= 15 is 0 Å². The first-order chi connectivity index (χ1) is 9.44. The summed E-state index contributed by atoms with van der Waals surface area (Å²) < 4.78 is 22.9. The highest BCUT2D eigenvalue weighted by Crippen LogP contribution is 2.05. The average Bonchev–Trinajstić information content (AvgIpc) is 2.35. The van der Waals surface area contributed by atoms with Gasteiger partial charge < -0.3 is 10.6 Å². The Labute approximate surface area is 118 Å². The van der Waals surface area contributed by atoms with Gasteiger partial charge in [0.15, 0.2) is 9.84 Å². The van der Waals surface area contributed by atoms with Crippen molar-refractivity contribution in [3.05, 3.63) is 23.8 Å². The molecule has 110 valence electrons. The SMILES string of the molecule is Cc1nccc(CNC(=O)CC2CS(=O)(=O)CCN2)n1. The van der Waals surface area contributed by atoms with Crippen molar-refractivity contribution < 1.29 is 13.2 Å². The van der Waals surface area contributed by atoms with E-state index in [4.69, 9.17) is 0 Å². The Bertz CT molecular complexity index is 588. The van der Waals surface area contributed by atoms with Crippen molar-refractivity contribution in [1.82, 2.24) is 20.6 Å². The Kier molecular flexibility index (Phi) is 4.66. The van der Waals surface area contributed by atoms with E-state index in [0.717, 1.165) is 5.69 Å². The van der Waals surface area contributed by atoms with E-state index in [-0.39, 0.29) is 29.9 Å². The normalized spacial score (nSPS) is 21.4. The fourth-order valence-electron chi connectivity index (χ4n) is 2.09. The van der Waals surface area contributed by atoms with Crippen LogP contribution < -0.4 is 10.6 Å². The molecule has 2 N–H and O–H groups in total. The number of carbonyl (C=O) groups excluding carboxylic acids is 1. The molecule has 0 radical (unpaired) electrons. The summed E-state index contributed by atoms with van der Waals surface area (Å²) in [5.74, 6) is 0.630. The van der Waals surface area contributed by atoms with E-state index in [1.54, 1.807) is 19.2 Å². The lowest BCUT2D eigenvalue weighted by atomic mass is 10.2. The molecule has 1 amide bonds. The molecule has 0 saturated carbocycles. The summed E-state index contributed by atoms with van der Waals surface area (Å²) in [5.41, 5.74) is 0.732. The fourth-order valence-corrected chi connectivity index (χ4v) is 3.53. The van der Waals surface area contributed by atoms with Crippen LogP contribution in [0.25, 0.3) is 0 Å². The summed E-state index contributed by atoms with van der Waals surface area (Å²) >= 11 is 0. The number of carbonyl (C=O) groups is 1. The molecular weight excluding hydrogens is 280 g/mol. The number of sulfone groups is 1. The standard InChI is InChI=1S/C12H18N4O3S/c1-9-13-3-2-10(16-9)7-15-12(17)6-11-8-20(18,19)5-4-14-11/h2-3,11,14H,4-8H2,1H3,(H,15,17). The van der Waals surface area contributed by atoms with E-state index in [0.29, 0.717) is 18.9 Å². The Balaban J connectivity index is 1.81. The summed E-state index contributed by atoms with van der Waals surface area (Å²) in [6.45, 7) is 2.51. The summed E-state index contributed by atoms with van der Waals surface area (Å²) in [5, 5.41) is 5.78. The van der Waals surface area contributed by atoms with Gasteiger partial charge in [-0.05, 0) is 13.0 Å². The maximum atomic E-state index is 11.8. The Morgan fingerprint density at radius 1 is 1.55 bits per heavy atom. The van der Waals surface area contributed by atoms with Gasteiger partial charge in [0.2, 0.25) is 5.91 Å². The van der Waals surface area contributed by atoms with Crippen LogP contribution in [0.15, 0.2) is 12.3 Å². The first-order valence-corrected chi connectivity index (χ1v) is 8.26. The molecule has 2 heterocycles. The van der Waals surface area contributed by atoms with Gasteiger partial charge in [-0.1, -0.05) is 0 Å². The molecule has 1 fully saturated rings. The minimum Gasteiger partial charge on any atom is -0.350 e. The first-order valence-electron chi connectivity index (χ1n) is 6.44. The highest BCUT2D eigenvalue weighted by Gasteiger charge is 2.25. The van der Waals surface area contributed by atoms with Crippen molar-refractivity contribution in [3.63, 3.8) is 0 Å². The molecule has 1 aromatic rings. The number of hydrogen-bond donors (Lipinski definition) is 2. The van der Waals surface area contributed by atoms with Crippen molar-refractivity contribution in [1.29, 1.82) is 0 Å². The maximum absolute atomic E-state index is 11.8. The van der Waals surface area contributed by atoms with Crippen LogP contribution in [0.4, 0.5) is 0 Å². The molecule has 0 aliphatic carbocycles. The molecule has 1 saturated heterocycles. The molecule has 2 rings (SSSR count). The largest absolute Gasteiger partial charge is 0.350 e. The van der Waals surface area contributed by atoms with Gasteiger partial charge in [-0.3, -0.25) is 4.79 Å². The zero-order valence-electron chi connectivity index (χ0n) is 11.3. The molecular formula is C12H18N4O3S. The minimum absolute atomic E-state index is 0.0209. The van der Waals surface area contributed by atoms with Crippen molar-refractivity contribution in [2.45, 2.75) is 25.9 Å². The Hall–Kier alpha value is -1.54. The zero-order valence-corrected chi connectivity index (χ0v) is 12.1. The Morgan fingerprint density at radius 3 is 3.05 bits per heavy atom. The highest BCUT2D eigenvalue weighted by molar-refractivity contribution is 7.91. The van der Waals surface area contributed by atoms with E-state index in [2.05, 4.69) is 20.6 Å². The topological polar surface area (TPSA) is 101 Å². The maximum Gasteiger partial charge on any atom is 0.221 e. The van der Waals surface area contributed by atoms with E-state index < -0.39 is 9.84 Å². The van der Waals surface area contributed by atoms with Crippen LogP contribution in [0.1, 0.15) is 17.9 Å². The summed E-state index contributed by atoms with van der Waals surface area (Å²) in [4.78, 5) is 19.9. The molecule has 0 spiro atoms. The van der Waals surface area contributed by atoms with Gasteiger partial charge in [0.1, 0.15) is 5.82 Å². The average molecular weight is 298 g/mol. The van der Waals surface area contributed by atoms with Crippen LogP contribution in [-0.2, 0) is 21.2 Å². The van der Waals surface area contributed by atoms with Crippen LogP contribution in [-0.4, -0.2) is 48.4 Å². The number of amides is 1. The molecule has 1 unspecified atom stereocenters. The number of nitrogens with one attached hydrogen (secondary N) is 2. The fraction of sp³-hybridized carbons (Fsp3) is 0.583. The Morgan fingerprint density at radius 2 is 2.35 bits per heavy atom. The second kappa shape index (κ2) is 6.27. The minimum atomic E-state index is -3.01. The molecule has 20 heavy (non-hydrogen) atoms. The van der Waals surface area contributed by atoms with Gasteiger partial charge in [-0.15, -0.1) is 0 Å². The molecule has 0 aromatic carbocycles. The molecule has 1 aromatic heterocycles. The molecule has 1 aliphatic rings. The van der Waals surface area contributed by atoms with Gasteiger partial charge in [0.05, 0.1) is 23.7 Å². The third kappa shape index (κ3) is 4.53. The third-order valence-corrected chi connectivity index (χ3v) is 4.77. The third-order valence-electron chi connectivity index (χ3n) is 3.03. The number of rotatable bonds is 4. The lowest BCUT2D eigenvalue weighted by molar-refractivity contribution is -0.121. The number of aromatic nitrogens is 2. The molecule has 1 aliphatic heterocycles. The van der Waals surface area contributed by atoms with Crippen LogP contribution in [0.3, 0.4) is 0 Å². The van der Waals surface area contributed by atoms with Crippen molar-refractivity contribution in [2.75, 3.05) is 18.1 Å².